The van der Waals surface area contributed by atoms with Crippen LogP contribution in [-0.2, 0) is 40.5 Å². The Labute approximate surface area is 296 Å². The van der Waals surface area contributed by atoms with Crippen LogP contribution in [0.2, 0.25) is 0 Å². The van der Waals surface area contributed by atoms with Gasteiger partial charge in [0.15, 0.2) is 0 Å². The highest BCUT2D eigenvalue weighted by Gasteiger charge is 2.26. The molecule has 6 aromatic carbocycles. The number of fused-ring (bicyclic) bond motifs is 3. The third kappa shape index (κ3) is 8.35. The fourth-order valence-corrected chi connectivity index (χ4v) is 7.33. The lowest BCUT2D eigenvalue weighted by Crippen LogP contribution is -2.08. The molecule has 0 bridgehead atoms. The van der Waals surface area contributed by atoms with Gasteiger partial charge in [-0.2, -0.15) is 33.7 Å². The predicted octanol–water partition coefficient (Wildman–Crippen LogP) is 3.12. The molecule has 0 amide bonds. The van der Waals surface area contributed by atoms with Crippen molar-refractivity contribution < 1.29 is 57.0 Å². The second-order valence-electron chi connectivity index (χ2n) is 10.8. The summed E-state index contributed by atoms with van der Waals surface area (Å²) in [6.07, 6.45) is 0. The van der Waals surface area contributed by atoms with Crippen LogP contribution in [0.5, 0.6) is 5.75 Å². The molecular formula is C30H29N5O13S4. The quantitative estimate of drug-likeness (QED) is 0.0695. The van der Waals surface area contributed by atoms with E-state index in [9.17, 15) is 43.3 Å². The standard InChI is InChI=1S/C10H10N2O7S2.C10H10N2O3S.C10H9NO3S/c11-5-2-1-4-6(20(14,15)16)3-7(21(17,18)19)9(12)8(4)10(5)13;11-9-3-4-10(12)8-5-6(16(13,14)15)1-2-7(8)9;11-10-3-1-2-7-4-5-8(6-9(7)10)15(12,13)14/h1-3,13H,11-12H2,(H,14,15,16)(H,17,18,19);1-5H,11-12H2,(H,13,14,15);1-6H,11H2,(H,12,13,14). The fourth-order valence-electron chi connectivity index (χ4n) is 4.88. The van der Waals surface area contributed by atoms with Crippen LogP contribution in [0.1, 0.15) is 0 Å². The van der Waals surface area contributed by atoms with Gasteiger partial charge < -0.3 is 33.8 Å². The van der Waals surface area contributed by atoms with E-state index in [4.69, 9.17) is 42.3 Å². The van der Waals surface area contributed by atoms with Gasteiger partial charge in [-0.05, 0) is 60.0 Å². The number of nitrogens with two attached hydrogens (primary N) is 5. The number of phenolic OH excluding ortho intramolecular Hbond substituents is 1. The third-order valence-electron chi connectivity index (χ3n) is 7.37. The van der Waals surface area contributed by atoms with E-state index in [1.165, 1.54) is 30.3 Å². The number of aromatic hydroxyl groups is 1. The molecule has 52 heavy (non-hydrogen) atoms. The molecule has 0 fully saturated rings. The van der Waals surface area contributed by atoms with E-state index in [0.717, 1.165) is 17.5 Å². The van der Waals surface area contributed by atoms with Gasteiger partial charge in [-0.1, -0.05) is 30.3 Å². The first-order valence-electron chi connectivity index (χ1n) is 13.9. The van der Waals surface area contributed by atoms with E-state index >= 15 is 0 Å². The van der Waals surface area contributed by atoms with Gasteiger partial charge in [0.25, 0.3) is 40.5 Å². The number of rotatable bonds is 4. The van der Waals surface area contributed by atoms with Crippen LogP contribution in [0.4, 0.5) is 28.4 Å². The topological polar surface area (TPSA) is 368 Å². The number of hydrogen-bond donors (Lipinski definition) is 10. The van der Waals surface area contributed by atoms with Crippen molar-refractivity contribution in [2.45, 2.75) is 19.6 Å². The van der Waals surface area contributed by atoms with Gasteiger partial charge in [-0.3, -0.25) is 18.2 Å². The highest BCUT2D eigenvalue weighted by molar-refractivity contribution is 7.87. The number of phenols is 1. The minimum Gasteiger partial charge on any atom is -0.505 e. The Morgan fingerprint density at radius 3 is 1.42 bits per heavy atom. The van der Waals surface area contributed by atoms with Crippen LogP contribution in [0.3, 0.4) is 0 Å². The van der Waals surface area contributed by atoms with Crippen molar-refractivity contribution in [2.75, 3.05) is 28.7 Å². The van der Waals surface area contributed by atoms with E-state index in [-0.39, 0.29) is 20.9 Å². The zero-order valence-electron chi connectivity index (χ0n) is 26.1. The van der Waals surface area contributed by atoms with Gasteiger partial charge in [0.1, 0.15) is 15.5 Å². The third-order valence-corrected chi connectivity index (χ3v) is 10.9. The van der Waals surface area contributed by atoms with Crippen molar-refractivity contribution in [3.8, 4) is 5.75 Å². The Hall–Kier alpha value is -5.46. The normalized spacial score (nSPS) is 12.2. The summed E-state index contributed by atoms with van der Waals surface area (Å²) in [4.78, 5) is -2.15. The second kappa shape index (κ2) is 13.9. The zero-order valence-corrected chi connectivity index (χ0v) is 29.4. The molecule has 22 heteroatoms. The summed E-state index contributed by atoms with van der Waals surface area (Å²) in [5, 5.41) is 11.8. The van der Waals surface area contributed by atoms with E-state index in [1.54, 1.807) is 30.3 Å². The molecule has 0 saturated carbocycles. The molecule has 0 heterocycles. The molecule has 0 atom stereocenters. The van der Waals surface area contributed by atoms with Crippen molar-refractivity contribution >= 4 is 101 Å². The molecule has 0 aliphatic rings. The van der Waals surface area contributed by atoms with Gasteiger partial charge in [0.2, 0.25) is 0 Å². The maximum absolute atomic E-state index is 11.4. The Morgan fingerprint density at radius 1 is 0.423 bits per heavy atom. The predicted molar refractivity (Wildman–Crippen MR) is 195 cm³/mol. The van der Waals surface area contributed by atoms with E-state index in [0.29, 0.717) is 39.3 Å². The lowest BCUT2D eigenvalue weighted by molar-refractivity contribution is 0.478. The van der Waals surface area contributed by atoms with Crippen LogP contribution in [0, 0.1) is 0 Å². The fraction of sp³-hybridized carbons (Fsp3) is 0. The van der Waals surface area contributed by atoms with Crippen LogP contribution in [0.15, 0.2) is 105 Å². The monoisotopic (exact) mass is 795 g/mol. The van der Waals surface area contributed by atoms with Crippen LogP contribution in [-0.4, -0.2) is 57.0 Å². The minimum atomic E-state index is -4.89. The average molecular weight is 796 g/mol. The highest BCUT2D eigenvalue weighted by Crippen LogP contribution is 2.41. The highest BCUT2D eigenvalue weighted by atomic mass is 32.2. The summed E-state index contributed by atoms with van der Waals surface area (Å²) in [5.41, 5.74) is 28.7. The summed E-state index contributed by atoms with van der Waals surface area (Å²) in [6.45, 7) is 0. The van der Waals surface area contributed by atoms with Crippen molar-refractivity contribution in [3.63, 3.8) is 0 Å². The van der Waals surface area contributed by atoms with Crippen molar-refractivity contribution in [2.24, 2.45) is 0 Å². The molecule has 0 saturated heterocycles. The minimum absolute atomic E-state index is 0.145. The summed E-state index contributed by atoms with van der Waals surface area (Å²) in [5.74, 6) is -0.666. The Balaban J connectivity index is 0.000000178. The Bertz CT molecular complexity index is 2870. The van der Waals surface area contributed by atoms with Crippen molar-refractivity contribution in [1.82, 2.24) is 0 Å². The zero-order chi connectivity index (χ0) is 39.1. The second-order valence-corrected chi connectivity index (χ2v) is 16.4. The molecule has 0 aromatic heterocycles. The van der Waals surface area contributed by atoms with Gasteiger partial charge in [0.05, 0.1) is 26.6 Å². The average Bonchev–Trinajstić information content (AvgIpc) is 3.03. The molecule has 18 nitrogen and oxygen atoms in total. The molecule has 15 N–H and O–H groups in total. The number of benzene rings is 6. The first kappa shape index (κ1) is 39.3. The Kier molecular flexibility index (Phi) is 10.5. The molecule has 0 aliphatic heterocycles. The Morgan fingerprint density at radius 2 is 0.885 bits per heavy atom. The summed E-state index contributed by atoms with van der Waals surface area (Å²) < 4.78 is 125. The molecule has 0 aliphatic carbocycles. The largest absolute Gasteiger partial charge is 0.505 e. The first-order chi connectivity index (χ1) is 23.8. The molecule has 6 rings (SSSR count). The molecule has 6 aromatic rings. The van der Waals surface area contributed by atoms with Gasteiger partial charge in [-0.25, -0.2) is 0 Å². The smallest absolute Gasteiger partial charge is 0.296 e. The maximum Gasteiger partial charge on any atom is 0.296 e. The molecule has 0 unspecified atom stereocenters. The lowest BCUT2D eigenvalue weighted by Gasteiger charge is -2.13. The van der Waals surface area contributed by atoms with E-state index < -0.39 is 67.1 Å². The molecule has 276 valence electrons. The van der Waals surface area contributed by atoms with E-state index in [1.807, 2.05) is 6.07 Å². The van der Waals surface area contributed by atoms with Crippen LogP contribution < -0.4 is 28.7 Å². The number of anilines is 5. The molecule has 0 spiro atoms. The summed E-state index contributed by atoms with van der Waals surface area (Å²) in [7, 11) is -18.1. The molecule has 0 radical (unpaired) electrons. The van der Waals surface area contributed by atoms with Gasteiger partial charge in [-0.15, -0.1) is 0 Å². The summed E-state index contributed by atoms with van der Waals surface area (Å²) >= 11 is 0. The van der Waals surface area contributed by atoms with Gasteiger partial charge in [0, 0.05) is 38.6 Å². The van der Waals surface area contributed by atoms with Crippen molar-refractivity contribution in [3.05, 3.63) is 84.9 Å². The first-order valence-corrected chi connectivity index (χ1v) is 19.7. The molecular weight excluding hydrogens is 767 g/mol. The number of hydrogen-bond acceptors (Lipinski definition) is 14. The maximum atomic E-state index is 11.4. The van der Waals surface area contributed by atoms with Crippen molar-refractivity contribution in [1.29, 1.82) is 0 Å². The van der Waals surface area contributed by atoms with Gasteiger partial charge >= 0.3 is 0 Å². The van der Waals surface area contributed by atoms with Crippen LogP contribution in [0.25, 0.3) is 32.3 Å². The lowest BCUT2D eigenvalue weighted by atomic mass is 10.1. The van der Waals surface area contributed by atoms with E-state index in [2.05, 4.69) is 0 Å². The SMILES string of the molecule is Nc1ccc(N)c2cc(S(=O)(=O)O)ccc12.Nc1ccc2c(S(=O)(=O)O)cc(S(=O)(=O)O)c(N)c2c1O.Nc1cccc2ccc(S(=O)(=O)O)cc12. The summed E-state index contributed by atoms with van der Waals surface area (Å²) in [6, 6.07) is 19.7. The van der Waals surface area contributed by atoms with Crippen LogP contribution >= 0.6 is 0 Å². The number of nitrogen functional groups attached to an aromatic ring is 5.